The van der Waals surface area contributed by atoms with Crippen molar-refractivity contribution in [2.24, 2.45) is 0 Å². The van der Waals surface area contributed by atoms with Crippen LogP contribution in [0.2, 0.25) is 0 Å². The van der Waals surface area contributed by atoms with Crippen LogP contribution in [0.25, 0.3) is 6.08 Å². The van der Waals surface area contributed by atoms with Crippen LogP contribution in [-0.4, -0.2) is 24.4 Å². The number of nitrogens with one attached hydrogen (secondary N) is 1. The number of ether oxygens (including phenoxy) is 1. The molecular weight excluding hydrogens is 478 g/mol. The van der Waals surface area contributed by atoms with Crippen LogP contribution in [0.5, 0.6) is 10.8 Å². The van der Waals surface area contributed by atoms with E-state index in [0.717, 1.165) is 29.3 Å². The van der Waals surface area contributed by atoms with Crippen molar-refractivity contribution in [2.45, 2.75) is 79.4 Å². The summed E-state index contributed by atoms with van der Waals surface area (Å²) in [6, 6.07) is 16.8. The zero-order valence-corrected chi connectivity index (χ0v) is 23.2. The van der Waals surface area contributed by atoms with Gasteiger partial charge in [0.05, 0.1) is 6.61 Å². The van der Waals surface area contributed by atoms with Crippen molar-refractivity contribution < 1.29 is 14.9 Å². The van der Waals surface area contributed by atoms with E-state index in [2.05, 4.69) is 47.8 Å². The summed E-state index contributed by atoms with van der Waals surface area (Å²) in [5.74, 6) is 0.905. The molecule has 2 aliphatic carbocycles. The van der Waals surface area contributed by atoms with E-state index >= 15 is 0 Å². The van der Waals surface area contributed by atoms with Crippen LogP contribution < -0.4 is 10.1 Å². The lowest BCUT2D eigenvalue weighted by atomic mass is 9.92. The Morgan fingerprint density at radius 2 is 1.62 bits per heavy atom. The van der Waals surface area contributed by atoms with Gasteiger partial charge in [-0.3, -0.25) is 0 Å². The van der Waals surface area contributed by atoms with Gasteiger partial charge in [0.15, 0.2) is 5.06 Å². The maximum atomic E-state index is 9.03. The zero-order valence-electron chi connectivity index (χ0n) is 22.3. The molecular formula is C32H47NO3S. The SMILES string of the molecule is C.CC.CNCc1cccc2c1C=CCCC2.CO.OCc1ccc(Oc2ccc3c(c2)CCCC3)s1. The van der Waals surface area contributed by atoms with Crippen LogP contribution in [0, 0.1) is 0 Å². The van der Waals surface area contributed by atoms with Crippen molar-refractivity contribution in [1.29, 1.82) is 0 Å². The van der Waals surface area contributed by atoms with Crippen molar-refractivity contribution in [1.82, 2.24) is 5.32 Å². The van der Waals surface area contributed by atoms with Crippen molar-refractivity contribution >= 4 is 17.4 Å². The van der Waals surface area contributed by atoms with Crippen molar-refractivity contribution in [3.63, 3.8) is 0 Å². The van der Waals surface area contributed by atoms with Crippen LogP contribution in [0.4, 0.5) is 0 Å². The van der Waals surface area contributed by atoms with Gasteiger partial charge in [-0.2, -0.15) is 0 Å². The first kappa shape index (κ1) is 32.6. The topological polar surface area (TPSA) is 61.7 Å². The first-order valence-corrected chi connectivity index (χ1v) is 13.9. The van der Waals surface area contributed by atoms with Gasteiger partial charge in [-0.1, -0.05) is 57.7 Å². The molecule has 37 heavy (non-hydrogen) atoms. The van der Waals surface area contributed by atoms with E-state index in [4.69, 9.17) is 14.9 Å². The van der Waals surface area contributed by atoms with Gasteiger partial charge >= 0.3 is 0 Å². The Labute approximate surface area is 229 Å². The molecule has 0 fully saturated rings. The standard InChI is InChI=1S/C15H16O2S.C13H17N.C2H6.CH4O.CH4/c16-10-14-7-8-15(18-14)17-13-6-5-11-3-1-2-4-12(11)9-13;1-14-10-12-8-5-7-11-6-3-2-4-9-13(11)12;2*1-2;/h5-9,16H,1-4,10H2;4-5,7-9,14H,2-3,6,10H2,1H3;1-2H3;2H,1H3;1H4. The van der Waals surface area contributed by atoms with E-state index in [0.29, 0.717) is 0 Å². The van der Waals surface area contributed by atoms with E-state index in [-0.39, 0.29) is 14.0 Å². The monoisotopic (exact) mass is 525 g/mol. The van der Waals surface area contributed by atoms with Gasteiger partial charge in [0.25, 0.3) is 0 Å². The molecule has 3 N–H and O–H groups in total. The summed E-state index contributed by atoms with van der Waals surface area (Å²) in [4.78, 5) is 0.933. The van der Waals surface area contributed by atoms with Crippen LogP contribution in [-0.2, 0) is 32.4 Å². The molecule has 5 rings (SSSR count). The number of aryl methyl sites for hydroxylation is 3. The van der Waals surface area contributed by atoms with Crippen molar-refractivity contribution in [2.75, 3.05) is 14.2 Å². The predicted molar refractivity (Wildman–Crippen MR) is 161 cm³/mol. The van der Waals surface area contributed by atoms with Gasteiger partial charge in [-0.15, -0.1) is 11.3 Å². The molecule has 0 radical (unpaired) electrons. The Bertz CT molecular complexity index is 1060. The molecule has 4 nitrogen and oxygen atoms in total. The summed E-state index contributed by atoms with van der Waals surface area (Å²) in [7, 11) is 3.00. The second-order valence-electron chi connectivity index (χ2n) is 8.43. The fourth-order valence-corrected chi connectivity index (χ4v) is 5.17. The molecule has 2 aliphatic rings. The summed E-state index contributed by atoms with van der Waals surface area (Å²) in [5.41, 5.74) is 7.27. The predicted octanol–water partition coefficient (Wildman–Crippen LogP) is 7.94. The second-order valence-corrected chi connectivity index (χ2v) is 9.56. The highest BCUT2D eigenvalue weighted by molar-refractivity contribution is 7.13. The molecule has 3 aromatic rings. The number of benzene rings is 2. The minimum atomic E-state index is 0. The third kappa shape index (κ3) is 10.1. The maximum Gasteiger partial charge on any atom is 0.181 e. The fraction of sp³-hybridized carbons (Fsp3) is 0.438. The molecule has 0 amide bonds. The Kier molecular flexibility index (Phi) is 16.5. The summed E-state index contributed by atoms with van der Waals surface area (Å²) < 4.78 is 5.83. The Hall–Kier alpha value is -2.44. The van der Waals surface area contributed by atoms with Crippen molar-refractivity contribution in [3.05, 3.63) is 87.3 Å². The molecule has 0 atom stereocenters. The summed E-state index contributed by atoms with van der Waals surface area (Å²) >= 11 is 1.49. The highest BCUT2D eigenvalue weighted by atomic mass is 32.1. The number of thiophene rings is 1. The Morgan fingerprint density at radius 3 is 2.32 bits per heavy atom. The second kappa shape index (κ2) is 18.8. The molecule has 0 saturated heterocycles. The quantitative estimate of drug-likeness (QED) is 0.316. The maximum absolute atomic E-state index is 9.03. The molecule has 5 heteroatoms. The Morgan fingerprint density at radius 1 is 0.892 bits per heavy atom. The number of aliphatic hydroxyl groups is 2. The first-order valence-electron chi connectivity index (χ1n) is 13.1. The van der Waals surface area contributed by atoms with Gasteiger partial charge in [-0.25, -0.2) is 0 Å². The molecule has 1 aromatic heterocycles. The van der Waals surface area contributed by atoms with Gasteiger partial charge in [0, 0.05) is 18.5 Å². The van der Waals surface area contributed by atoms with E-state index in [1.54, 1.807) is 0 Å². The summed E-state index contributed by atoms with van der Waals surface area (Å²) in [6.45, 7) is 5.05. The number of allylic oxidation sites excluding steroid dienone is 1. The lowest BCUT2D eigenvalue weighted by Gasteiger charge is -2.16. The summed E-state index contributed by atoms with van der Waals surface area (Å²) in [6.07, 6.45) is 13.3. The molecule has 204 valence electrons. The smallest absolute Gasteiger partial charge is 0.181 e. The third-order valence-corrected chi connectivity index (χ3v) is 7.03. The molecule has 0 saturated carbocycles. The van der Waals surface area contributed by atoms with Gasteiger partial charge in [-0.05, 0) is 104 Å². The number of hydrogen-bond acceptors (Lipinski definition) is 5. The third-order valence-electron chi connectivity index (χ3n) is 6.09. The number of rotatable bonds is 5. The van der Waals surface area contributed by atoms with Crippen LogP contribution in [0.1, 0.15) is 79.7 Å². The van der Waals surface area contributed by atoms with E-state index in [9.17, 15) is 0 Å². The van der Waals surface area contributed by atoms with E-state index in [1.807, 2.05) is 39.1 Å². The minimum Gasteiger partial charge on any atom is -0.447 e. The lowest BCUT2D eigenvalue weighted by molar-refractivity contribution is 0.285. The molecule has 1 heterocycles. The number of hydrogen-bond donors (Lipinski definition) is 3. The van der Waals surface area contributed by atoms with Gasteiger partial charge in [0.2, 0.25) is 0 Å². The highest BCUT2D eigenvalue weighted by Gasteiger charge is 2.11. The normalized spacial score (nSPS) is 12.9. The van der Waals surface area contributed by atoms with Crippen molar-refractivity contribution in [3.8, 4) is 10.8 Å². The molecule has 0 spiro atoms. The minimum absolute atomic E-state index is 0. The fourth-order valence-electron chi connectivity index (χ4n) is 4.44. The average molecular weight is 526 g/mol. The van der Waals surface area contributed by atoms with Crippen LogP contribution >= 0.6 is 11.3 Å². The van der Waals surface area contributed by atoms with E-state index in [1.165, 1.54) is 84.1 Å². The number of aliphatic hydroxyl groups excluding tert-OH is 2. The zero-order chi connectivity index (χ0) is 26.2. The van der Waals surface area contributed by atoms with Gasteiger partial charge < -0.3 is 20.3 Å². The first-order chi connectivity index (χ1) is 17.8. The average Bonchev–Trinajstić information content (AvgIpc) is 3.25. The van der Waals surface area contributed by atoms with E-state index < -0.39 is 0 Å². The highest BCUT2D eigenvalue weighted by Crippen LogP contribution is 2.32. The lowest BCUT2D eigenvalue weighted by Crippen LogP contribution is -2.07. The molecule has 2 aromatic carbocycles. The van der Waals surface area contributed by atoms with Crippen LogP contribution in [0.15, 0.2) is 54.6 Å². The Balaban J connectivity index is 0.000000326. The molecule has 0 bridgehead atoms. The van der Waals surface area contributed by atoms with Gasteiger partial charge in [0.1, 0.15) is 5.75 Å². The molecule has 0 unspecified atom stereocenters. The largest absolute Gasteiger partial charge is 0.447 e. The van der Waals surface area contributed by atoms with Crippen LogP contribution in [0.3, 0.4) is 0 Å². The molecule has 0 aliphatic heterocycles. The summed E-state index contributed by atoms with van der Waals surface area (Å²) in [5, 5.41) is 20.1. The number of fused-ring (bicyclic) bond motifs is 2.